The molecule has 3 rings (SSSR count). The highest BCUT2D eigenvalue weighted by Gasteiger charge is 2.33. The van der Waals surface area contributed by atoms with E-state index < -0.39 is 0 Å². The van der Waals surface area contributed by atoms with Gasteiger partial charge in [0.15, 0.2) is 0 Å². The quantitative estimate of drug-likeness (QED) is 0.926. The summed E-state index contributed by atoms with van der Waals surface area (Å²) in [5.41, 5.74) is 1.39. The number of carbonyl (C=O) groups excluding carboxylic acids is 1. The third kappa shape index (κ3) is 3.99. The molecule has 0 bridgehead atoms. The van der Waals surface area contributed by atoms with Crippen LogP contribution in [-0.2, 0) is 4.74 Å². The van der Waals surface area contributed by atoms with Crippen LogP contribution >= 0.6 is 0 Å². The number of carbonyl (C=O) groups is 1. The zero-order valence-corrected chi connectivity index (χ0v) is 15.0. The van der Waals surface area contributed by atoms with Crippen molar-refractivity contribution in [2.45, 2.75) is 38.8 Å². The number of rotatable bonds is 4. The average Bonchev–Trinajstić information content (AvgIpc) is 3.13. The van der Waals surface area contributed by atoms with E-state index in [1.165, 1.54) is 0 Å². The lowest BCUT2D eigenvalue weighted by molar-refractivity contribution is -0.0874. The maximum atomic E-state index is 12.6. The van der Waals surface area contributed by atoms with Crippen LogP contribution in [0.2, 0.25) is 0 Å². The molecule has 1 aromatic heterocycles. The molecule has 1 N–H and O–H groups in total. The predicted molar refractivity (Wildman–Crippen MR) is 94.5 cm³/mol. The zero-order valence-electron chi connectivity index (χ0n) is 15.0. The number of urea groups is 1. The van der Waals surface area contributed by atoms with Crippen molar-refractivity contribution >= 4 is 6.03 Å². The fourth-order valence-corrected chi connectivity index (χ4v) is 2.85. The van der Waals surface area contributed by atoms with Crippen molar-refractivity contribution in [2.75, 3.05) is 19.7 Å². The fourth-order valence-electron chi connectivity index (χ4n) is 2.85. The molecule has 0 unspecified atom stereocenters. The van der Waals surface area contributed by atoms with E-state index >= 15 is 0 Å². The molecule has 134 valence electrons. The third-order valence-corrected chi connectivity index (χ3v) is 4.69. The number of ether oxygens (including phenoxy) is 1. The molecule has 2 aromatic rings. The van der Waals surface area contributed by atoms with Crippen molar-refractivity contribution in [3.63, 3.8) is 0 Å². The highest BCUT2D eigenvalue weighted by atomic mass is 16.5. The van der Waals surface area contributed by atoms with Gasteiger partial charge >= 0.3 is 6.03 Å². The highest BCUT2D eigenvalue weighted by Crippen LogP contribution is 2.21. The van der Waals surface area contributed by atoms with Gasteiger partial charge in [-0.05, 0) is 32.4 Å². The van der Waals surface area contributed by atoms with Crippen LogP contribution in [0, 0.1) is 0 Å². The van der Waals surface area contributed by atoms with Gasteiger partial charge < -0.3 is 15.0 Å². The Morgan fingerprint density at radius 1 is 1.40 bits per heavy atom. The third-order valence-electron chi connectivity index (χ3n) is 4.69. The Morgan fingerprint density at radius 3 is 2.88 bits per heavy atom. The number of hydrogen-bond donors (Lipinski definition) is 1. The number of nitrogens with one attached hydrogen (secondary N) is 1. The Bertz CT molecular complexity index is 717. The lowest BCUT2D eigenvalue weighted by atomic mass is 10.0. The normalized spacial score (nSPS) is 21.8. The Hall–Kier alpha value is -2.41. The lowest BCUT2D eigenvalue weighted by Crippen LogP contribution is -2.54. The van der Waals surface area contributed by atoms with E-state index in [0.29, 0.717) is 19.7 Å². The van der Waals surface area contributed by atoms with E-state index in [1.807, 2.05) is 55.3 Å². The van der Waals surface area contributed by atoms with Crippen LogP contribution in [0.3, 0.4) is 0 Å². The van der Waals surface area contributed by atoms with E-state index in [2.05, 4.69) is 22.6 Å². The van der Waals surface area contributed by atoms with Gasteiger partial charge in [0.05, 0.1) is 36.7 Å². The minimum atomic E-state index is -0.269. The summed E-state index contributed by atoms with van der Waals surface area (Å²) in [4.78, 5) is 14.4. The van der Waals surface area contributed by atoms with Crippen LogP contribution in [0.5, 0.6) is 0 Å². The van der Waals surface area contributed by atoms with E-state index in [-0.39, 0.29) is 17.7 Å². The summed E-state index contributed by atoms with van der Waals surface area (Å²) in [6.45, 7) is 7.80. The monoisotopic (exact) mass is 343 g/mol. The van der Waals surface area contributed by atoms with Gasteiger partial charge in [-0.3, -0.25) is 0 Å². The van der Waals surface area contributed by atoms with Gasteiger partial charge in [-0.1, -0.05) is 30.3 Å². The van der Waals surface area contributed by atoms with Crippen LogP contribution in [0.25, 0.3) is 5.69 Å². The maximum absolute atomic E-state index is 12.6. The van der Waals surface area contributed by atoms with Crippen LogP contribution in [0.15, 0.2) is 36.5 Å². The molecule has 1 saturated heterocycles. The molecule has 7 nitrogen and oxygen atoms in total. The molecule has 7 heteroatoms. The second-order valence-electron chi connectivity index (χ2n) is 6.67. The van der Waals surface area contributed by atoms with Crippen molar-refractivity contribution in [1.82, 2.24) is 25.2 Å². The second-order valence-corrected chi connectivity index (χ2v) is 6.67. The molecule has 2 amide bonds. The van der Waals surface area contributed by atoms with Crippen molar-refractivity contribution in [3.8, 4) is 5.69 Å². The summed E-state index contributed by atoms with van der Waals surface area (Å²) in [5, 5.41) is 11.3. The summed E-state index contributed by atoms with van der Waals surface area (Å²) >= 11 is 0. The van der Waals surface area contributed by atoms with Crippen LogP contribution < -0.4 is 5.32 Å². The SMILES string of the molecule is CC[C@]1(C)CN(C(=O)N[C@H](C)c2cn(-c3ccccc3)nn2)CCO1. The van der Waals surface area contributed by atoms with Gasteiger partial charge in [-0.15, -0.1) is 5.10 Å². The molecule has 2 heterocycles. The Morgan fingerprint density at radius 2 is 2.16 bits per heavy atom. The zero-order chi connectivity index (χ0) is 17.9. The van der Waals surface area contributed by atoms with Crippen LogP contribution in [0.4, 0.5) is 4.79 Å². The molecule has 25 heavy (non-hydrogen) atoms. The minimum absolute atomic E-state index is 0.0928. The fraction of sp³-hybridized carbons (Fsp3) is 0.500. The van der Waals surface area contributed by atoms with Crippen molar-refractivity contribution in [1.29, 1.82) is 0 Å². The number of nitrogens with zero attached hydrogens (tertiary/aromatic N) is 4. The smallest absolute Gasteiger partial charge is 0.318 e. The number of hydrogen-bond acceptors (Lipinski definition) is 4. The molecule has 0 spiro atoms. The van der Waals surface area contributed by atoms with E-state index in [9.17, 15) is 4.79 Å². The van der Waals surface area contributed by atoms with E-state index in [0.717, 1.165) is 17.8 Å². The van der Waals surface area contributed by atoms with Gasteiger partial charge in [0.25, 0.3) is 0 Å². The molecule has 1 aliphatic heterocycles. The summed E-state index contributed by atoms with van der Waals surface area (Å²) in [6.07, 6.45) is 2.72. The lowest BCUT2D eigenvalue weighted by Gasteiger charge is -2.40. The molecule has 0 aliphatic carbocycles. The van der Waals surface area contributed by atoms with Gasteiger partial charge in [0.2, 0.25) is 0 Å². The summed E-state index contributed by atoms with van der Waals surface area (Å²) in [7, 11) is 0. The standard InChI is InChI=1S/C18H25N5O2/c1-4-18(3)13-22(10-11-25-18)17(24)19-14(2)16-12-23(21-20-16)15-8-6-5-7-9-15/h5-9,12,14H,4,10-11,13H2,1-3H3,(H,19,24)/t14-,18-/m1/s1. The van der Waals surface area contributed by atoms with Crippen molar-refractivity contribution < 1.29 is 9.53 Å². The first-order chi connectivity index (χ1) is 12.0. The topological polar surface area (TPSA) is 72.3 Å². The number of aromatic nitrogens is 3. The highest BCUT2D eigenvalue weighted by molar-refractivity contribution is 5.74. The summed E-state index contributed by atoms with van der Waals surface area (Å²) < 4.78 is 7.50. The largest absolute Gasteiger partial charge is 0.372 e. The molecular formula is C18H25N5O2. The molecule has 0 radical (unpaired) electrons. The maximum Gasteiger partial charge on any atom is 0.318 e. The molecule has 2 atom stereocenters. The van der Waals surface area contributed by atoms with E-state index in [4.69, 9.17) is 4.74 Å². The number of benzene rings is 1. The van der Waals surface area contributed by atoms with Crippen molar-refractivity contribution in [2.24, 2.45) is 0 Å². The summed E-state index contributed by atoms with van der Waals surface area (Å²) in [6, 6.07) is 9.46. The van der Waals surface area contributed by atoms with Gasteiger partial charge in [0.1, 0.15) is 5.69 Å². The first kappa shape index (κ1) is 17.4. The first-order valence-electron chi connectivity index (χ1n) is 8.68. The Labute approximate surface area is 148 Å². The van der Waals surface area contributed by atoms with Gasteiger partial charge in [-0.25, -0.2) is 9.48 Å². The minimum Gasteiger partial charge on any atom is -0.372 e. The second kappa shape index (κ2) is 7.23. The predicted octanol–water partition coefficient (Wildman–Crippen LogP) is 2.54. The van der Waals surface area contributed by atoms with Gasteiger partial charge in [0, 0.05) is 6.54 Å². The molecule has 0 saturated carbocycles. The van der Waals surface area contributed by atoms with Crippen molar-refractivity contribution in [3.05, 3.63) is 42.2 Å². The number of para-hydroxylation sites is 1. The first-order valence-corrected chi connectivity index (χ1v) is 8.68. The molecule has 1 aromatic carbocycles. The van der Waals surface area contributed by atoms with E-state index in [1.54, 1.807) is 4.68 Å². The van der Waals surface area contributed by atoms with Gasteiger partial charge in [-0.2, -0.15) is 0 Å². The summed E-state index contributed by atoms with van der Waals surface area (Å²) in [5.74, 6) is 0. The average molecular weight is 343 g/mol. The van der Waals surface area contributed by atoms with Crippen LogP contribution in [0.1, 0.15) is 38.9 Å². The number of morpholine rings is 1. The Balaban J connectivity index is 1.63. The molecule has 1 aliphatic rings. The number of amides is 2. The van der Waals surface area contributed by atoms with Crippen LogP contribution in [-0.4, -0.2) is 51.2 Å². The molecule has 1 fully saturated rings. The Kier molecular flexibility index (Phi) is 5.03. The molecular weight excluding hydrogens is 318 g/mol.